The van der Waals surface area contributed by atoms with E-state index < -0.39 is 23.0 Å². The fourth-order valence-corrected chi connectivity index (χ4v) is 1.35. The van der Waals surface area contributed by atoms with Gasteiger partial charge in [0.1, 0.15) is 23.9 Å². The topological polar surface area (TPSA) is 83.4 Å². The monoisotopic (exact) mass is 276 g/mol. The molecular weight excluding hydrogens is 269 g/mol. The normalized spacial score (nSPS) is 9.85. The predicted octanol–water partition coefficient (Wildman–Crippen LogP) is 3.25. The Bertz CT molecular complexity index is 666. The van der Waals surface area contributed by atoms with E-state index in [2.05, 4.69) is 5.32 Å². The lowest BCUT2D eigenvalue weighted by Crippen LogP contribution is -2.08. The van der Waals surface area contributed by atoms with Gasteiger partial charge in [0.05, 0.1) is 5.56 Å². The summed E-state index contributed by atoms with van der Waals surface area (Å²) in [6.45, 7) is 1.54. The Morgan fingerprint density at radius 2 is 1.70 bits per heavy atom. The highest BCUT2D eigenvalue weighted by Crippen LogP contribution is 2.32. The van der Waals surface area contributed by atoms with Crippen molar-refractivity contribution in [1.82, 2.24) is 0 Å². The second-order valence-corrected chi connectivity index (χ2v) is 3.74. The van der Waals surface area contributed by atoms with E-state index in [4.69, 9.17) is 15.8 Å². The van der Waals surface area contributed by atoms with E-state index in [-0.39, 0.29) is 5.69 Å². The molecule has 7 heteroatoms. The van der Waals surface area contributed by atoms with Crippen LogP contribution in [0.3, 0.4) is 0 Å². The number of aryl methyl sites for hydroxylation is 1. The standard InChI is InChI=1S/C13H7F3N4/c1-8-2-3-10(13(14,15)16)4-11(8)20-12(7-19)9(5-17)6-18/h2-4,20H,1H3. The molecule has 0 radical (unpaired) electrons. The van der Waals surface area contributed by atoms with Crippen LogP contribution < -0.4 is 5.32 Å². The van der Waals surface area contributed by atoms with Crippen LogP contribution in [0.5, 0.6) is 0 Å². The molecule has 0 atom stereocenters. The van der Waals surface area contributed by atoms with Crippen molar-refractivity contribution < 1.29 is 13.2 Å². The molecule has 1 rings (SSSR count). The highest BCUT2D eigenvalue weighted by Gasteiger charge is 2.30. The molecule has 0 spiro atoms. The zero-order valence-corrected chi connectivity index (χ0v) is 10.2. The van der Waals surface area contributed by atoms with E-state index in [1.165, 1.54) is 25.1 Å². The molecule has 20 heavy (non-hydrogen) atoms. The van der Waals surface area contributed by atoms with E-state index in [9.17, 15) is 13.2 Å². The number of alkyl halides is 3. The van der Waals surface area contributed by atoms with Crippen LogP contribution in [0.15, 0.2) is 29.5 Å². The van der Waals surface area contributed by atoms with Crippen molar-refractivity contribution in [3.8, 4) is 18.2 Å². The van der Waals surface area contributed by atoms with E-state index in [1.54, 1.807) is 6.07 Å². The molecular formula is C13H7F3N4. The minimum absolute atomic E-state index is 0.0133. The van der Waals surface area contributed by atoms with Crippen LogP contribution in [-0.2, 0) is 6.18 Å². The highest BCUT2D eigenvalue weighted by atomic mass is 19.4. The molecule has 4 nitrogen and oxygen atoms in total. The van der Waals surface area contributed by atoms with Gasteiger partial charge in [-0.15, -0.1) is 0 Å². The van der Waals surface area contributed by atoms with Gasteiger partial charge in [-0.1, -0.05) is 6.07 Å². The number of allylic oxidation sites excluding steroid dienone is 2. The Hall–Kier alpha value is -2.98. The Balaban J connectivity index is 3.30. The average Bonchev–Trinajstić information content (AvgIpc) is 2.39. The molecule has 0 heterocycles. The number of halogens is 3. The Kier molecular flexibility index (Phi) is 4.35. The van der Waals surface area contributed by atoms with Crippen LogP contribution in [-0.4, -0.2) is 0 Å². The number of nitrogens with zero attached hydrogens (tertiary/aromatic N) is 3. The average molecular weight is 276 g/mol. The summed E-state index contributed by atoms with van der Waals surface area (Å²) in [6.07, 6.45) is -4.52. The van der Waals surface area contributed by atoms with Gasteiger partial charge in [-0.05, 0) is 24.6 Å². The summed E-state index contributed by atoms with van der Waals surface area (Å²) < 4.78 is 37.8. The lowest BCUT2D eigenvalue weighted by atomic mass is 10.1. The first kappa shape index (κ1) is 15.1. The number of benzene rings is 1. The van der Waals surface area contributed by atoms with Crippen LogP contribution >= 0.6 is 0 Å². The molecule has 0 aliphatic rings. The number of hydrogen-bond acceptors (Lipinski definition) is 4. The van der Waals surface area contributed by atoms with Gasteiger partial charge >= 0.3 is 6.18 Å². The summed E-state index contributed by atoms with van der Waals surface area (Å²) in [6, 6.07) is 7.54. The number of nitriles is 3. The van der Waals surface area contributed by atoms with Crippen molar-refractivity contribution in [3.63, 3.8) is 0 Å². The third kappa shape index (κ3) is 3.28. The smallest absolute Gasteiger partial charge is 0.345 e. The van der Waals surface area contributed by atoms with Crippen molar-refractivity contribution in [2.24, 2.45) is 0 Å². The summed E-state index contributed by atoms with van der Waals surface area (Å²) in [5.41, 5.74) is -1.32. The third-order valence-electron chi connectivity index (χ3n) is 2.41. The third-order valence-corrected chi connectivity index (χ3v) is 2.41. The van der Waals surface area contributed by atoms with Crippen molar-refractivity contribution in [2.45, 2.75) is 13.1 Å². The maximum atomic E-state index is 12.6. The SMILES string of the molecule is Cc1ccc(C(F)(F)F)cc1NC(C#N)=C(C#N)C#N. The van der Waals surface area contributed by atoms with E-state index in [0.29, 0.717) is 5.56 Å². The second kappa shape index (κ2) is 5.77. The Morgan fingerprint density at radius 3 is 2.15 bits per heavy atom. The minimum Gasteiger partial charge on any atom is -0.345 e. The van der Waals surface area contributed by atoms with Crippen molar-refractivity contribution in [3.05, 3.63) is 40.6 Å². The Labute approximate surface area is 113 Å². The molecule has 1 aromatic carbocycles. The van der Waals surface area contributed by atoms with E-state index in [1.807, 2.05) is 0 Å². The van der Waals surface area contributed by atoms with Crippen molar-refractivity contribution in [1.29, 1.82) is 15.8 Å². The summed E-state index contributed by atoms with van der Waals surface area (Å²) in [7, 11) is 0. The molecule has 0 fully saturated rings. The predicted molar refractivity (Wildman–Crippen MR) is 63.7 cm³/mol. The summed E-state index contributed by atoms with van der Waals surface area (Å²) in [5, 5.41) is 28.5. The Morgan fingerprint density at radius 1 is 1.10 bits per heavy atom. The largest absolute Gasteiger partial charge is 0.416 e. The van der Waals surface area contributed by atoms with Gasteiger partial charge in [0.25, 0.3) is 0 Å². The van der Waals surface area contributed by atoms with Crippen LogP contribution in [0.2, 0.25) is 0 Å². The molecule has 0 aromatic heterocycles. The zero-order chi connectivity index (χ0) is 15.3. The minimum atomic E-state index is -4.52. The van der Waals surface area contributed by atoms with Crippen molar-refractivity contribution in [2.75, 3.05) is 5.32 Å². The number of nitrogens with one attached hydrogen (secondary N) is 1. The first-order valence-electron chi connectivity index (χ1n) is 5.23. The molecule has 100 valence electrons. The highest BCUT2D eigenvalue weighted by molar-refractivity contribution is 5.62. The summed E-state index contributed by atoms with van der Waals surface area (Å²) in [5.74, 6) is 0. The van der Waals surface area contributed by atoms with Crippen LogP contribution in [0.25, 0.3) is 0 Å². The van der Waals surface area contributed by atoms with Gasteiger partial charge in [-0.2, -0.15) is 29.0 Å². The first-order chi connectivity index (χ1) is 9.33. The molecule has 0 unspecified atom stereocenters. The molecule has 0 amide bonds. The number of rotatable bonds is 2. The van der Waals surface area contributed by atoms with Gasteiger partial charge < -0.3 is 5.32 Å². The lowest BCUT2D eigenvalue weighted by molar-refractivity contribution is -0.137. The summed E-state index contributed by atoms with van der Waals surface area (Å²) in [4.78, 5) is 0. The molecule has 0 aliphatic carbocycles. The molecule has 1 aromatic rings. The number of hydrogen-bond donors (Lipinski definition) is 1. The fourth-order valence-electron chi connectivity index (χ4n) is 1.35. The molecule has 0 saturated heterocycles. The maximum absolute atomic E-state index is 12.6. The fraction of sp³-hybridized carbons (Fsp3) is 0.154. The first-order valence-corrected chi connectivity index (χ1v) is 5.23. The molecule has 0 bridgehead atoms. The van der Waals surface area contributed by atoms with E-state index in [0.717, 1.165) is 12.1 Å². The second-order valence-electron chi connectivity index (χ2n) is 3.74. The lowest BCUT2D eigenvalue weighted by Gasteiger charge is -2.12. The van der Waals surface area contributed by atoms with Gasteiger partial charge in [0.15, 0.2) is 5.57 Å². The van der Waals surface area contributed by atoms with Gasteiger partial charge in [0.2, 0.25) is 0 Å². The molecule has 0 aliphatic heterocycles. The molecule has 0 saturated carbocycles. The van der Waals surface area contributed by atoms with Gasteiger partial charge in [0, 0.05) is 5.69 Å². The number of anilines is 1. The zero-order valence-electron chi connectivity index (χ0n) is 10.2. The maximum Gasteiger partial charge on any atom is 0.416 e. The molecule has 1 N–H and O–H groups in total. The van der Waals surface area contributed by atoms with Gasteiger partial charge in [-0.3, -0.25) is 0 Å². The van der Waals surface area contributed by atoms with Crippen LogP contribution in [0.1, 0.15) is 11.1 Å². The van der Waals surface area contributed by atoms with Crippen LogP contribution in [0, 0.1) is 40.9 Å². The van der Waals surface area contributed by atoms with Crippen LogP contribution in [0.4, 0.5) is 18.9 Å². The van der Waals surface area contributed by atoms with Gasteiger partial charge in [-0.25, -0.2) is 0 Å². The quantitative estimate of drug-likeness (QED) is 0.840. The summed E-state index contributed by atoms with van der Waals surface area (Å²) >= 11 is 0. The van der Waals surface area contributed by atoms with Crippen molar-refractivity contribution >= 4 is 5.69 Å². The van der Waals surface area contributed by atoms with E-state index >= 15 is 0 Å².